The summed E-state index contributed by atoms with van der Waals surface area (Å²) >= 11 is 11.8. The largest absolute Gasteiger partial charge is 0.151 e. The third-order valence-corrected chi connectivity index (χ3v) is 2.19. The minimum atomic E-state index is -0.249. The van der Waals surface area contributed by atoms with E-state index in [-0.39, 0.29) is 2.99 Å². The number of hydrogen-bond acceptors (Lipinski definition) is 2. The van der Waals surface area contributed by atoms with E-state index in [1.807, 2.05) is 0 Å². The molecule has 0 aliphatic heterocycles. The van der Waals surface area contributed by atoms with Crippen LogP contribution in [0.5, 0.6) is 0 Å². The van der Waals surface area contributed by atoms with Gasteiger partial charge in [0.05, 0.1) is 0 Å². The van der Waals surface area contributed by atoms with Crippen molar-refractivity contribution >= 4 is 41.2 Å². The standard InChI is InChI=1S/C7H15BrS2/c1-2-3-4-5-6-7(8,9)10/h9-10H,2-6H2,1H3. The lowest BCUT2D eigenvalue weighted by atomic mass is 10.2. The fraction of sp³-hybridized carbons (Fsp3) is 1.00. The molecule has 10 heavy (non-hydrogen) atoms. The van der Waals surface area contributed by atoms with Crippen LogP contribution in [0.4, 0.5) is 0 Å². The third kappa shape index (κ3) is 9.18. The molecule has 0 N–H and O–H groups in total. The zero-order valence-corrected chi connectivity index (χ0v) is 9.68. The maximum atomic E-state index is 4.24. The summed E-state index contributed by atoms with van der Waals surface area (Å²) in [7, 11) is 0. The molecule has 0 bridgehead atoms. The highest BCUT2D eigenvalue weighted by Gasteiger charge is 2.13. The van der Waals surface area contributed by atoms with E-state index >= 15 is 0 Å². The molecule has 0 aliphatic rings. The Morgan fingerprint density at radius 3 is 2.20 bits per heavy atom. The van der Waals surface area contributed by atoms with Gasteiger partial charge in [0.15, 0.2) is 0 Å². The average molecular weight is 243 g/mol. The van der Waals surface area contributed by atoms with Gasteiger partial charge in [-0.1, -0.05) is 48.5 Å². The predicted octanol–water partition coefficient (Wildman–Crippen LogP) is 3.87. The molecule has 0 aromatic rings. The first-order valence-electron chi connectivity index (χ1n) is 3.70. The van der Waals surface area contributed by atoms with Crippen LogP contribution < -0.4 is 0 Å². The van der Waals surface area contributed by atoms with E-state index in [0.29, 0.717) is 0 Å². The summed E-state index contributed by atoms with van der Waals surface area (Å²) in [6, 6.07) is 0. The lowest BCUT2D eigenvalue weighted by Crippen LogP contribution is -2.00. The molecule has 0 amide bonds. The summed E-state index contributed by atoms with van der Waals surface area (Å²) < 4.78 is -0.249. The summed E-state index contributed by atoms with van der Waals surface area (Å²) in [6.07, 6.45) is 6.15. The summed E-state index contributed by atoms with van der Waals surface area (Å²) in [6.45, 7) is 2.21. The Kier molecular flexibility index (Phi) is 6.47. The van der Waals surface area contributed by atoms with Gasteiger partial charge in [-0.15, -0.1) is 0 Å². The molecule has 0 unspecified atom stereocenters. The van der Waals surface area contributed by atoms with Gasteiger partial charge in [-0.3, -0.25) is 0 Å². The van der Waals surface area contributed by atoms with E-state index in [9.17, 15) is 0 Å². The second-order valence-electron chi connectivity index (χ2n) is 2.53. The molecule has 0 aromatic heterocycles. The number of rotatable bonds is 5. The fourth-order valence-electron chi connectivity index (χ4n) is 0.777. The number of unbranched alkanes of at least 4 members (excludes halogenated alkanes) is 3. The van der Waals surface area contributed by atoms with E-state index in [1.165, 1.54) is 25.7 Å². The van der Waals surface area contributed by atoms with Gasteiger partial charge in [-0.05, 0) is 6.42 Å². The highest BCUT2D eigenvalue weighted by molar-refractivity contribution is 9.13. The second-order valence-corrected chi connectivity index (χ2v) is 6.99. The van der Waals surface area contributed by atoms with Gasteiger partial charge in [-0.25, -0.2) is 0 Å². The van der Waals surface area contributed by atoms with Gasteiger partial charge in [0.25, 0.3) is 0 Å². The SMILES string of the molecule is CCCCCCC(S)(S)Br. The highest BCUT2D eigenvalue weighted by atomic mass is 79.9. The molecule has 3 heteroatoms. The van der Waals surface area contributed by atoms with Gasteiger partial charge < -0.3 is 0 Å². The summed E-state index contributed by atoms with van der Waals surface area (Å²) in [5, 5.41) is 0. The van der Waals surface area contributed by atoms with E-state index in [1.54, 1.807) is 0 Å². The van der Waals surface area contributed by atoms with Crippen molar-refractivity contribution in [2.45, 2.75) is 42.0 Å². The molecule has 0 radical (unpaired) electrons. The maximum absolute atomic E-state index is 4.24. The van der Waals surface area contributed by atoms with Gasteiger partial charge in [0.1, 0.15) is 2.99 Å². The predicted molar refractivity (Wildman–Crippen MR) is 58.4 cm³/mol. The Balaban J connectivity index is 3.04. The molecule has 0 spiro atoms. The van der Waals surface area contributed by atoms with Gasteiger partial charge >= 0.3 is 0 Å². The zero-order valence-electron chi connectivity index (χ0n) is 6.31. The molecular weight excluding hydrogens is 228 g/mol. The average Bonchev–Trinajstić information content (AvgIpc) is 1.78. The zero-order chi connectivity index (χ0) is 8.04. The Hall–Kier alpha value is 1.18. The van der Waals surface area contributed by atoms with Crippen LogP contribution in [-0.4, -0.2) is 2.99 Å². The molecule has 0 fully saturated rings. The van der Waals surface area contributed by atoms with E-state index in [4.69, 9.17) is 0 Å². The van der Waals surface area contributed by atoms with Crippen LogP contribution in [0.2, 0.25) is 0 Å². The van der Waals surface area contributed by atoms with Crippen LogP contribution in [-0.2, 0) is 0 Å². The van der Waals surface area contributed by atoms with Crippen LogP contribution >= 0.6 is 41.2 Å². The second kappa shape index (κ2) is 5.78. The number of hydrogen-bond donors (Lipinski definition) is 2. The van der Waals surface area contributed by atoms with Crippen molar-refractivity contribution in [3.8, 4) is 0 Å². The van der Waals surface area contributed by atoms with Crippen LogP contribution in [0.25, 0.3) is 0 Å². The van der Waals surface area contributed by atoms with Crippen molar-refractivity contribution in [2.75, 3.05) is 0 Å². The van der Waals surface area contributed by atoms with Gasteiger partial charge in [0.2, 0.25) is 0 Å². The minimum Gasteiger partial charge on any atom is -0.151 e. The third-order valence-electron chi connectivity index (χ3n) is 1.35. The number of thiol groups is 2. The molecule has 0 saturated heterocycles. The Labute approximate surface area is 83.1 Å². The van der Waals surface area contributed by atoms with Crippen LogP contribution in [0.3, 0.4) is 0 Å². The Morgan fingerprint density at radius 1 is 1.20 bits per heavy atom. The molecule has 62 valence electrons. The first-order chi connectivity index (χ1) is 4.56. The fourth-order valence-corrected chi connectivity index (χ4v) is 1.37. The molecule has 0 aliphatic carbocycles. The van der Waals surface area contributed by atoms with Gasteiger partial charge in [0, 0.05) is 0 Å². The lowest BCUT2D eigenvalue weighted by molar-refractivity contribution is 0.648. The van der Waals surface area contributed by atoms with Crippen LogP contribution in [0, 0.1) is 0 Å². The molecular formula is C7H15BrS2. The maximum Gasteiger partial charge on any atom is 0.110 e. The minimum absolute atomic E-state index is 0.249. The molecule has 0 saturated carbocycles. The van der Waals surface area contributed by atoms with Crippen molar-refractivity contribution in [3.63, 3.8) is 0 Å². The smallest absolute Gasteiger partial charge is 0.110 e. The number of halogens is 1. The van der Waals surface area contributed by atoms with Crippen LogP contribution in [0.15, 0.2) is 0 Å². The molecule has 0 nitrogen and oxygen atoms in total. The Bertz CT molecular complexity index is 78.2. The Morgan fingerprint density at radius 2 is 1.80 bits per heavy atom. The lowest BCUT2D eigenvalue weighted by Gasteiger charge is -2.12. The first kappa shape index (κ1) is 11.2. The van der Waals surface area contributed by atoms with Crippen molar-refractivity contribution in [3.05, 3.63) is 0 Å². The van der Waals surface area contributed by atoms with Crippen molar-refractivity contribution in [2.24, 2.45) is 0 Å². The van der Waals surface area contributed by atoms with E-state index in [0.717, 1.165) is 6.42 Å². The summed E-state index contributed by atoms with van der Waals surface area (Å²) in [4.78, 5) is 0. The number of alkyl halides is 1. The quantitative estimate of drug-likeness (QED) is 0.311. The summed E-state index contributed by atoms with van der Waals surface area (Å²) in [5.74, 6) is 0. The first-order valence-corrected chi connectivity index (χ1v) is 5.38. The van der Waals surface area contributed by atoms with Crippen LogP contribution in [0.1, 0.15) is 39.0 Å². The summed E-state index contributed by atoms with van der Waals surface area (Å²) in [5.41, 5.74) is 0. The van der Waals surface area contributed by atoms with Crippen molar-refractivity contribution in [1.29, 1.82) is 0 Å². The molecule has 0 atom stereocenters. The molecule has 0 rings (SSSR count). The molecule has 0 aromatic carbocycles. The monoisotopic (exact) mass is 242 g/mol. The van der Waals surface area contributed by atoms with Crippen molar-refractivity contribution < 1.29 is 0 Å². The molecule has 0 heterocycles. The van der Waals surface area contributed by atoms with E-state index in [2.05, 4.69) is 48.1 Å². The van der Waals surface area contributed by atoms with Crippen molar-refractivity contribution in [1.82, 2.24) is 0 Å². The highest BCUT2D eigenvalue weighted by Crippen LogP contribution is 2.33. The normalized spacial score (nSPS) is 12.0. The topological polar surface area (TPSA) is 0 Å². The van der Waals surface area contributed by atoms with E-state index < -0.39 is 0 Å². The van der Waals surface area contributed by atoms with Gasteiger partial charge in [-0.2, -0.15) is 25.3 Å².